The van der Waals surface area contributed by atoms with Gasteiger partial charge in [-0.25, -0.2) is 12.7 Å². The topological polar surface area (TPSA) is 62.6 Å². The molecule has 20 heavy (non-hydrogen) atoms. The molecule has 2 atom stereocenters. The summed E-state index contributed by atoms with van der Waals surface area (Å²) in [4.78, 5) is 0.209. The number of rotatable bonds is 7. The second-order valence-corrected chi connectivity index (χ2v) is 8.12. The highest BCUT2D eigenvalue weighted by Crippen LogP contribution is 2.39. The van der Waals surface area contributed by atoms with Crippen molar-refractivity contribution in [3.63, 3.8) is 0 Å². The molecule has 1 fully saturated rings. The van der Waals surface area contributed by atoms with Gasteiger partial charge in [0.25, 0.3) is 0 Å². The Balaban J connectivity index is 2.13. The second-order valence-electron chi connectivity index (χ2n) is 5.39. The molecule has 0 bridgehead atoms. The average molecular weight is 365 g/mol. The molecule has 0 radical (unpaired) electrons. The Labute approximate surface area is 128 Å². The van der Waals surface area contributed by atoms with Crippen LogP contribution in [-0.2, 0) is 16.6 Å². The van der Waals surface area contributed by atoms with Crippen LogP contribution in [0.15, 0.2) is 20.0 Å². The number of halogens is 1. The first-order chi connectivity index (χ1) is 9.36. The lowest BCUT2D eigenvalue weighted by molar-refractivity contribution is 0.438. The third kappa shape index (κ3) is 3.44. The summed E-state index contributed by atoms with van der Waals surface area (Å²) in [7, 11) is -1.86. The Morgan fingerprint density at radius 3 is 2.75 bits per heavy atom. The smallest absolute Gasteiger partial charge is 0.247 e. The standard InChI is InChI=1S/C13H21BrN2O3S/c1-4-15-7-11-6-12(13(14)19-11)20(17,18)16(3)8-10-5-9(10)2/h6,9-10,15H,4-5,7-8H2,1-3H3. The summed E-state index contributed by atoms with van der Waals surface area (Å²) in [6.07, 6.45) is 1.11. The Hall–Kier alpha value is -0.370. The van der Waals surface area contributed by atoms with Crippen molar-refractivity contribution in [1.82, 2.24) is 9.62 Å². The van der Waals surface area contributed by atoms with Crippen molar-refractivity contribution < 1.29 is 12.8 Å². The second kappa shape index (κ2) is 6.17. The highest BCUT2D eigenvalue weighted by atomic mass is 79.9. The van der Waals surface area contributed by atoms with E-state index in [9.17, 15) is 8.42 Å². The Kier molecular flexibility index (Phi) is 4.94. The highest BCUT2D eigenvalue weighted by molar-refractivity contribution is 9.10. The van der Waals surface area contributed by atoms with Crippen LogP contribution in [0, 0.1) is 11.8 Å². The minimum absolute atomic E-state index is 0.209. The van der Waals surface area contributed by atoms with Gasteiger partial charge < -0.3 is 9.73 Å². The molecule has 5 nitrogen and oxygen atoms in total. The highest BCUT2D eigenvalue weighted by Gasteiger charge is 2.37. The van der Waals surface area contributed by atoms with Crippen LogP contribution in [-0.4, -0.2) is 32.9 Å². The fourth-order valence-electron chi connectivity index (χ4n) is 2.16. The summed E-state index contributed by atoms with van der Waals surface area (Å²) in [6.45, 7) is 6.03. The molecule has 7 heteroatoms. The lowest BCUT2D eigenvalue weighted by Gasteiger charge is -2.15. The van der Waals surface area contributed by atoms with Crippen LogP contribution in [0.1, 0.15) is 26.0 Å². The average Bonchev–Trinajstić information content (AvgIpc) is 2.93. The molecule has 1 aromatic heterocycles. The number of nitrogens with one attached hydrogen (secondary N) is 1. The molecule has 1 heterocycles. The Morgan fingerprint density at radius 2 is 2.20 bits per heavy atom. The van der Waals surface area contributed by atoms with Crippen molar-refractivity contribution in [2.75, 3.05) is 20.1 Å². The fraction of sp³-hybridized carbons (Fsp3) is 0.692. The van der Waals surface area contributed by atoms with E-state index in [1.54, 1.807) is 13.1 Å². The van der Waals surface area contributed by atoms with Gasteiger partial charge in [-0.1, -0.05) is 13.8 Å². The molecule has 0 spiro atoms. The Morgan fingerprint density at radius 1 is 1.55 bits per heavy atom. The Bertz CT molecular complexity index is 570. The van der Waals surface area contributed by atoms with Gasteiger partial charge in [0.05, 0.1) is 6.54 Å². The molecular weight excluding hydrogens is 344 g/mol. The molecule has 0 amide bonds. The van der Waals surface area contributed by atoms with Crippen molar-refractivity contribution in [1.29, 1.82) is 0 Å². The molecule has 1 N–H and O–H groups in total. The molecule has 114 valence electrons. The first kappa shape index (κ1) is 16.0. The van der Waals surface area contributed by atoms with Crippen molar-refractivity contribution in [2.45, 2.75) is 31.7 Å². The predicted octanol–water partition coefficient (Wildman–Crippen LogP) is 2.43. The van der Waals surface area contributed by atoms with Crippen LogP contribution in [0.4, 0.5) is 0 Å². The van der Waals surface area contributed by atoms with Gasteiger partial charge in [0.1, 0.15) is 10.7 Å². The first-order valence-corrected chi connectivity index (χ1v) is 9.04. The summed E-state index contributed by atoms with van der Waals surface area (Å²) in [5, 5.41) is 3.11. The normalized spacial score (nSPS) is 22.4. The maximum absolute atomic E-state index is 12.5. The van der Waals surface area contributed by atoms with Gasteiger partial charge in [0, 0.05) is 19.7 Å². The minimum atomic E-state index is -3.49. The van der Waals surface area contributed by atoms with E-state index in [0.717, 1.165) is 13.0 Å². The van der Waals surface area contributed by atoms with E-state index in [-0.39, 0.29) is 9.56 Å². The van der Waals surface area contributed by atoms with Gasteiger partial charge >= 0.3 is 0 Å². The molecule has 1 aromatic rings. The largest absolute Gasteiger partial charge is 0.452 e. The van der Waals surface area contributed by atoms with E-state index >= 15 is 0 Å². The molecule has 0 aliphatic heterocycles. The molecule has 0 saturated heterocycles. The van der Waals surface area contributed by atoms with Crippen LogP contribution in [0.25, 0.3) is 0 Å². The monoisotopic (exact) mass is 364 g/mol. The molecule has 2 rings (SSSR count). The number of furan rings is 1. The van der Waals surface area contributed by atoms with Crippen LogP contribution in [0.2, 0.25) is 0 Å². The summed E-state index contributed by atoms with van der Waals surface area (Å²) >= 11 is 3.21. The molecule has 1 saturated carbocycles. The van der Waals surface area contributed by atoms with E-state index in [0.29, 0.717) is 30.7 Å². The maximum Gasteiger partial charge on any atom is 0.247 e. The van der Waals surface area contributed by atoms with Gasteiger partial charge in [-0.2, -0.15) is 0 Å². The molecule has 0 aromatic carbocycles. The van der Waals surface area contributed by atoms with Gasteiger partial charge in [-0.3, -0.25) is 0 Å². The van der Waals surface area contributed by atoms with Crippen LogP contribution >= 0.6 is 15.9 Å². The molecule has 2 unspecified atom stereocenters. The van der Waals surface area contributed by atoms with Gasteiger partial charge in [-0.15, -0.1) is 0 Å². The van der Waals surface area contributed by atoms with Crippen molar-refractivity contribution >= 4 is 26.0 Å². The molecule has 1 aliphatic rings. The summed E-state index contributed by atoms with van der Waals surface area (Å²) in [6, 6.07) is 1.59. The van der Waals surface area contributed by atoms with Gasteiger partial charge in [0.2, 0.25) is 10.0 Å². The van der Waals surface area contributed by atoms with Crippen LogP contribution < -0.4 is 5.32 Å². The third-order valence-corrected chi connectivity index (χ3v) is 6.39. The zero-order valence-electron chi connectivity index (χ0n) is 12.0. The van der Waals surface area contributed by atoms with E-state index in [2.05, 4.69) is 28.2 Å². The van der Waals surface area contributed by atoms with E-state index < -0.39 is 10.0 Å². The molecular formula is C13H21BrN2O3S. The zero-order valence-corrected chi connectivity index (χ0v) is 14.4. The quantitative estimate of drug-likeness (QED) is 0.806. The van der Waals surface area contributed by atoms with Gasteiger partial charge in [-0.05, 0) is 40.7 Å². The lowest BCUT2D eigenvalue weighted by atomic mass is 10.3. The SMILES string of the molecule is CCNCc1cc(S(=O)(=O)N(C)CC2CC2C)c(Br)o1. The summed E-state index contributed by atoms with van der Waals surface area (Å²) in [5.74, 6) is 1.73. The number of hydrogen-bond donors (Lipinski definition) is 1. The third-order valence-electron chi connectivity index (χ3n) is 3.71. The summed E-state index contributed by atoms with van der Waals surface area (Å²) in [5.41, 5.74) is 0. The summed E-state index contributed by atoms with van der Waals surface area (Å²) < 4.78 is 32.2. The van der Waals surface area contributed by atoms with Gasteiger partial charge in [0.15, 0.2) is 4.67 Å². The first-order valence-electron chi connectivity index (χ1n) is 6.81. The molecule has 1 aliphatic carbocycles. The maximum atomic E-state index is 12.5. The number of nitrogens with zero attached hydrogens (tertiary/aromatic N) is 1. The lowest BCUT2D eigenvalue weighted by Crippen LogP contribution is -2.29. The van der Waals surface area contributed by atoms with E-state index in [1.807, 2.05) is 6.92 Å². The minimum Gasteiger partial charge on any atom is -0.452 e. The number of hydrogen-bond acceptors (Lipinski definition) is 4. The van der Waals surface area contributed by atoms with Crippen molar-refractivity contribution in [3.05, 3.63) is 16.5 Å². The predicted molar refractivity (Wildman–Crippen MR) is 80.9 cm³/mol. The van der Waals surface area contributed by atoms with E-state index in [4.69, 9.17) is 4.42 Å². The fourth-order valence-corrected chi connectivity index (χ4v) is 4.34. The van der Waals surface area contributed by atoms with Crippen molar-refractivity contribution in [3.8, 4) is 0 Å². The van der Waals surface area contributed by atoms with Crippen LogP contribution in [0.5, 0.6) is 0 Å². The van der Waals surface area contributed by atoms with E-state index in [1.165, 1.54) is 4.31 Å². The zero-order chi connectivity index (χ0) is 14.9. The van der Waals surface area contributed by atoms with Crippen LogP contribution in [0.3, 0.4) is 0 Å². The number of sulfonamides is 1. The van der Waals surface area contributed by atoms with Crippen molar-refractivity contribution in [2.24, 2.45) is 11.8 Å².